The lowest BCUT2D eigenvalue weighted by Crippen LogP contribution is -2.54. The highest BCUT2D eigenvalue weighted by atomic mass is 32.2. The number of nitrogens with one attached hydrogen (secondary N) is 1. The lowest BCUT2D eigenvalue weighted by atomic mass is 9.98. The zero-order chi connectivity index (χ0) is 23.2. The summed E-state index contributed by atoms with van der Waals surface area (Å²) in [6.45, 7) is 0.390. The quantitative estimate of drug-likeness (QED) is 0.244. The van der Waals surface area contributed by atoms with Crippen molar-refractivity contribution in [1.29, 1.82) is 0 Å². The van der Waals surface area contributed by atoms with Crippen molar-refractivity contribution < 1.29 is 37.6 Å². The molecule has 0 spiro atoms. The summed E-state index contributed by atoms with van der Waals surface area (Å²) in [7, 11) is -4.11. The van der Waals surface area contributed by atoms with E-state index in [0.29, 0.717) is 11.5 Å². The number of non-ortho nitro benzene ring substituents is 1. The largest absolute Gasteiger partial charge is 0.490 e. The molecular weight excluding hydrogens is 444 g/mol. The summed E-state index contributed by atoms with van der Waals surface area (Å²) in [5, 5.41) is 19.9. The third kappa shape index (κ3) is 4.82. The average Bonchev–Trinajstić information content (AvgIpc) is 2.82. The molecule has 3 rings (SSSR count). The van der Waals surface area contributed by atoms with Crippen LogP contribution in [0.15, 0.2) is 53.4 Å². The fourth-order valence-corrected chi connectivity index (χ4v) is 5.31. The van der Waals surface area contributed by atoms with Crippen LogP contribution in [0.4, 0.5) is 5.69 Å². The first-order chi connectivity index (χ1) is 15.3. The van der Waals surface area contributed by atoms with Crippen molar-refractivity contribution in [3.05, 3.63) is 58.6 Å². The molecule has 0 aliphatic carbocycles. The molecule has 0 bridgehead atoms. The van der Waals surface area contributed by atoms with Gasteiger partial charge >= 0.3 is 0 Å². The van der Waals surface area contributed by atoms with E-state index in [1.54, 1.807) is 6.07 Å². The Kier molecular flexibility index (Phi) is 7.28. The number of nitro groups is 1. The number of hydrogen-bond donors (Lipinski definition) is 2. The lowest BCUT2D eigenvalue weighted by molar-refractivity contribution is -0.384. The van der Waals surface area contributed by atoms with Gasteiger partial charge in [-0.1, -0.05) is 6.07 Å². The third-order valence-electron chi connectivity index (χ3n) is 5.11. The first kappa shape index (κ1) is 23.4. The van der Waals surface area contributed by atoms with Gasteiger partial charge in [-0.25, -0.2) is 13.9 Å². The minimum absolute atomic E-state index is 0.0744. The molecule has 11 nitrogen and oxygen atoms in total. The Morgan fingerprint density at radius 1 is 1.09 bits per heavy atom. The predicted molar refractivity (Wildman–Crippen MR) is 110 cm³/mol. The third-order valence-corrected chi connectivity index (χ3v) is 7.63. The summed E-state index contributed by atoms with van der Waals surface area (Å²) < 4.78 is 40.7. The molecule has 2 aromatic carbocycles. The van der Waals surface area contributed by atoms with Crippen molar-refractivity contribution in [2.45, 2.75) is 22.5 Å². The zero-order valence-electron chi connectivity index (χ0n) is 16.9. The van der Waals surface area contributed by atoms with Crippen molar-refractivity contribution >= 4 is 21.4 Å². The Morgan fingerprint density at radius 2 is 1.72 bits per heavy atom. The number of amides is 1. The maximum atomic E-state index is 13.2. The summed E-state index contributed by atoms with van der Waals surface area (Å²) >= 11 is 0. The minimum Gasteiger partial charge on any atom is -0.490 e. The maximum Gasteiger partial charge on any atom is 0.273 e. The van der Waals surface area contributed by atoms with Crippen LogP contribution in [0.3, 0.4) is 0 Å². The highest BCUT2D eigenvalue weighted by Crippen LogP contribution is 2.35. The standard InChI is InChI=1S/C20H22N2O9S/c23-19(21-24)20(8-10-29-11-9-20)32(27,28)18-6-4-16(5-7-18)30-12-13-31-17-3-1-2-15(14-17)22(25)26/h1-7,14,24H,8-13H2,(H,21,23). The second-order valence-corrected chi connectivity index (χ2v) is 9.23. The number of rotatable bonds is 9. The van der Waals surface area contributed by atoms with E-state index in [0.717, 1.165) is 0 Å². The molecule has 1 saturated heterocycles. The summed E-state index contributed by atoms with van der Waals surface area (Å²) in [6.07, 6.45) is -0.149. The average molecular weight is 466 g/mol. The van der Waals surface area contributed by atoms with Crippen LogP contribution in [-0.4, -0.2) is 55.6 Å². The zero-order valence-corrected chi connectivity index (χ0v) is 17.7. The smallest absolute Gasteiger partial charge is 0.273 e. The predicted octanol–water partition coefficient (Wildman–Crippen LogP) is 1.88. The molecule has 1 heterocycles. The Hall–Kier alpha value is -3.22. The van der Waals surface area contributed by atoms with Gasteiger partial charge in [0.1, 0.15) is 24.7 Å². The molecule has 1 aliphatic rings. The lowest BCUT2D eigenvalue weighted by Gasteiger charge is -2.34. The van der Waals surface area contributed by atoms with E-state index < -0.39 is 25.4 Å². The van der Waals surface area contributed by atoms with Crippen LogP contribution in [0.25, 0.3) is 0 Å². The van der Waals surface area contributed by atoms with Crippen molar-refractivity contribution in [2.24, 2.45) is 0 Å². The van der Waals surface area contributed by atoms with Crippen molar-refractivity contribution in [2.75, 3.05) is 26.4 Å². The molecule has 2 N–H and O–H groups in total. The Labute approximate surface area is 183 Å². The van der Waals surface area contributed by atoms with Gasteiger partial charge in [-0.15, -0.1) is 0 Å². The number of carbonyl (C=O) groups is 1. The summed E-state index contributed by atoms with van der Waals surface area (Å²) in [6, 6.07) is 11.3. The van der Waals surface area contributed by atoms with Crippen LogP contribution in [0.5, 0.6) is 11.5 Å². The molecular formula is C20H22N2O9S. The van der Waals surface area contributed by atoms with Gasteiger partial charge in [-0.3, -0.25) is 20.1 Å². The molecule has 0 atom stereocenters. The van der Waals surface area contributed by atoms with Gasteiger partial charge in [-0.05, 0) is 43.2 Å². The SMILES string of the molecule is O=C(NO)C1(S(=O)(=O)c2ccc(OCCOc3cccc([N+](=O)[O-])c3)cc2)CCOCC1. The fraction of sp³-hybridized carbons (Fsp3) is 0.350. The first-order valence-corrected chi connectivity index (χ1v) is 11.2. The molecule has 0 aromatic heterocycles. The topological polar surface area (TPSA) is 154 Å². The highest BCUT2D eigenvalue weighted by Gasteiger charge is 2.52. The number of nitro benzene ring substituents is 1. The van der Waals surface area contributed by atoms with Crippen molar-refractivity contribution in [3.8, 4) is 11.5 Å². The van der Waals surface area contributed by atoms with E-state index in [1.807, 2.05) is 0 Å². The molecule has 1 fully saturated rings. The first-order valence-electron chi connectivity index (χ1n) is 9.67. The van der Waals surface area contributed by atoms with E-state index in [4.69, 9.17) is 19.4 Å². The Morgan fingerprint density at radius 3 is 2.31 bits per heavy atom. The van der Waals surface area contributed by atoms with Gasteiger partial charge in [0.15, 0.2) is 14.6 Å². The van der Waals surface area contributed by atoms with E-state index in [2.05, 4.69) is 0 Å². The molecule has 1 amide bonds. The number of ether oxygens (including phenoxy) is 3. The number of hydroxylamine groups is 1. The summed E-state index contributed by atoms with van der Waals surface area (Å²) in [4.78, 5) is 22.4. The van der Waals surface area contributed by atoms with E-state index in [9.17, 15) is 23.3 Å². The van der Waals surface area contributed by atoms with Crippen molar-refractivity contribution in [1.82, 2.24) is 5.48 Å². The van der Waals surface area contributed by atoms with Gasteiger partial charge in [-0.2, -0.15) is 0 Å². The Balaban J connectivity index is 1.62. The second-order valence-electron chi connectivity index (χ2n) is 6.97. The fourth-order valence-electron chi connectivity index (χ4n) is 3.37. The molecule has 172 valence electrons. The molecule has 32 heavy (non-hydrogen) atoms. The van der Waals surface area contributed by atoms with Gasteiger partial charge < -0.3 is 14.2 Å². The maximum absolute atomic E-state index is 13.2. The molecule has 1 aliphatic heterocycles. The number of carbonyl (C=O) groups excluding carboxylic acids is 1. The Bertz CT molecular complexity index is 1060. The van der Waals surface area contributed by atoms with Crippen molar-refractivity contribution in [3.63, 3.8) is 0 Å². The number of hydrogen-bond acceptors (Lipinski definition) is 9. The van der Waals surface area contributed by atoms with Crippen LogP contribution in [0.2, 0.25) is 0 Å². The summed E-state index contributed by atoms with van der Waals surface area (Å²) in [5.41, 5.74) is 1.38. The molecule has 2 aromatic rings. The van der Waals surface area contributed by atoms with Gasteiger partial charge in [0, 0.05) is 19.3 Å². The second kappa shape index (κ2) is 9.94. The van der Waals surface area contributed by atoms with Crippen LogP contribution in [0.1, 0.15) is 12.8 Å². The van der Waals surface area contributed by atoms with Gasteiger partial charge in [0.2, 0.25) is 0 Å². The summed E-state index contributed by atoms with van der Waals surface area (Å²) in [5.74, 6) is -0.285. The highest BCUT2D eigenvalue weighted by molar-refractivity contribution is 7.93. The van der Waals surface area contributed by atoms with E-state index in [1.165, 1.54) is 47.9 Å². The molecule has 12 heteroatoms. The molecule has 0 radical (unpaired) electrons. The van der Waals surface area contributed by atoms with Gasteiger partial charge in [0.05, 0.1) is 15.9 Å². The normalized spacial score (nSPS) is 15.5. The van der Waals surface area contributed by atoms with Crippen LogP contribution in [-0.2, 0) is 19.4 Å². The molecule has 0 unspecified atom stereocenters. The van der Waals surface area contributed by atoms with Gasteiger partial charge in [0.25, 0.3) is 11.6 Å². The minimum atomic E-state index is -4.11. The number of sulfone groups is 1. The number of nitrogens with zero attached hydrogens (tertiary/aromatic N) is 1. The van der Waals surface area contributed by atoms with Crippen LogP contribution in [0, 0.1) is 10.1 Å². The van der Waals surface area contributed by atoms with Crippen LogP contribution >= 0.6 is 0 Å². The monoisotopic (exact) mass is 466 g/mol. The number of benzene rings is 2. The van der Waals surface area contributed by atoms with E-state index >= 15 is 0 Å². The molecule has 0 saturated carbocycles. The van der Waals surface area contributed by atoms with E-state index in [-0.39, 0.29) is 49.9 Å². The van der Waals surface area contributed by atoms with Crippen LogP contribution < -0.4 is 15.0 Å².